The number of alkyl halides is 3. The molecule has 1 aliphatic heterocycles. The van der Waals surface area contributed by atoms with E-state index in [1.54, 1.807) is 0 Å². The molecular formula is C18H17F3N2O4S. The number of carbonyl (C=O) groups excluding carboxylic acids is 1. The molecule has 0 aromatic heterocycles. The Hall–Kier alpha value is -2.59. The van der Waals surface area contributed by atoms with Crippen LogP contribution in [0.25, 0.3) is 0 Å². The fourth-order valence-electron chi connectivity index (χ4n) is 3.10. The van der Waals surface area contributed by atoms with Crippen LogP contribution in [0.3, 0.4) is 0 Å². The van der Waals surface area contributed by atoms with Gasteiger partial charge in [0.25, 0.3) is 0 Å². The Bertz CT molecular complexity index is 989. The Morgan fingerprint density at radius 3 is 2.43 bits per heavy atom. The zero-order chi connectivity index (χ0) is 20.5. The maximum Gasteiger partial charge on any atom is 0.573 e. The van der Waals surface area contributed by atoms with Crippen LogP contribution >= 0.6 is 0 Å². The van der Waals surface area contributed by atoms with E-state index in [0.29, 0.717) is 36.2 Å². The minimum Gasteiger partial charge on any atom is -0.406 e. The van der Waals surface area contributed by atoms with Crippen molar-refractivity contribution in [2.75, 3.05) is 11.4 Å². The molecule has 0 fully saturated rings. The first kappa shape index (κ1) is 20.2. The Kier molecular flexibility index (Phi) is 5.35. The number of benzene rings is 2. The molecular weight excluding hydrogens is 397 g/mol. The first-order valence-electron chi connectivity index (χ1n) is 8.34. The normalized spacial score (nSPS) is 14.5. The zero-order valence-corrected chi connectivity index (χ0v) is 15.4. The Balaban J connectivity index is 1.77. The average Bonchev–Trinajstić information content (AvgIpc) is 2.59. The van der Waals surface area contributed by atoms with Gasteiger partial charge in [-0.1, -0.05) is 12.1 Å². The molecule has 2 aromatic rings. The monoisotopic (exact) mass is 414 g/mol. The Morgan fingerprint density at radius 2 is 1.82 bits per heavy atom. The highest BCUT2D eigenvalue weighted by atomic mass is 32.2. The van der Waals surface area contributed by atoms with Gasteiger partial charge in [-0.2, -0.15) is 0 Å². The number of hydrogen-bond acceptors (Lipinski definition) is 4. The number of anilines is 1. The lowest BCUT2D eigenvalue weighted by molar-refractivity contribution is -0.274. The number of nitrogens with zero attached hydrogens (tertiary/aromatic N) is 1. The number of carbonyl (C=O) groups is 1. The van der Waals surface area contributed by atoms with Crippen molar-refractivity contribution in [3.8, 4) is 5.75 Å². The molecule has 0 unspecified atom stereocenters. The molecule has 1 aliphatic rings. The molecule has 28 heavy (non-hydrogen) atoms. The van der Waals surface area contributed by atoms with Gasteiger partial charge >= 0.3 is 6.36 Å². The maximum atomic E-state index is 12.7. The first-order valence-corrected chi connectivity index (χ1v) is 9.88. The number of aryl methyl sites for hydroxylation is 1. The van der Waals surface area contributed by atoms with Gasteiger partial charge in [0.2, 0.25) is 15.9 Å². The summed E-state index contributed by atoms with van der Waals surface area (Å²) < 4.78 is 63.7. The minimum absolute atomic E-state index is 0.0190. The standard InChI is InChI=1S/C18H17F3N2O4S/c19-18(20,21)27-14-5-8-16-13(11-14)2-1-9-23(16)17(24)10-12-3-6-15(7-4-12)28(22,25)26/h3-8,11H,1-2,9-10H2,(H2,22,25,26). The second-order valence-corrected chi connectivity index (χ2v) is 7.91. The highest BCUT2D eigenvalue weighted by Crippen LogP contribution is 2.33. The number of rotatable bonds is 4. The molecule has 0 spiro atoms. The molecule has 0 radical (unpaired) electrons. The van der Waals surface area contributed by atoms with Crippen LogP contribution in [0.2, 0.25) is 0 Å². The zero-order valence-electron chi connectivity index (χ0n) is 14.6. The van der Waals surface area contributed by atoms with Gasteiger partial charge in [0.05, 0.1) is 11.3 Å². The second kappa shape index (κ2) is 7.44. The molecule has 0 saturated carbocycles. The van der Waals surface area contributed by atoms with E-state index in [0.717, 1.165) is 0 Å². The molecule has 1 heterocycles. The van der Waals surface area contributed by atoms with Crippen molar-refractivity contribution < 1.29 is 31.1 Å². The number of amides is 1. The van der Waals surface area contributed by atoms with Crippen LogP contribution in [0.5, 0.6) is 5.75 Å². The van der Waals surface area contributed by atoms with Gasteiger partial charge < -0.3 is 9.64 Å². The van der Waals surface area contributed by atoms with E-state index >= 15 is 0 Å². The number of sulfonamides is 1. The van der Waals surface area contributed by atoms with Gasteiger partial charge in [0, 0.05) is 12.2 Å². The number of nitrogens with two attached hydrogens (primary N) is 1. The van der Waals surface area contributed by atoms with Gasteiger partial charge in [0.1, 0.15) is 5.75 Å². The van der Waals surface area contributed by atoms with Crippen molar-refractivity contribution in [2.45, 2.75) is 30.5 Å². The van der Waals surface area contributed by atoms with Gasteiger partial charge in [-0.15, -0.1) is 13.2 Å². The van der Waals surface area contributed by atoms with E-state index < -0.39 is 16.4 Å². The lowest BCUT2D eigenvalue weighted by Crippen LogP contribution is -2.36. The smallest absolute Gasteiger partial charge is 0.406 e. The summed E-state index contributed by atoms with van der Waals surface area (Å²) in [6.07, 6.45) is -3.61. The third kappa shape index (κ3) is 4.82. The van der Waals surface area contributed by atoms with Crippen molar-refractivity contribution in [3.63, 3.8) is 0 Å². The van der Waals surface area contributed by atoms with Gasteiger partial charge in [-0.3, -0.25) is 4.79 Å². The molecule has 0 saturated heterocycles. The van der Waals surface area contributed by atoms with Crippen molar-refractivity contribution >= 4 is 21.6 Å². The highest BCUT2D eigenvalue weighted by Gasteiger charge is 2.32. The van der Waals surface area contributed by atoms with Crippen LogP contribution in [0, 0.1) is 0 Å². The number of halogens is 3. The van der Waals surface area contributed by atoms with Crippen LogP contribution in [0.1, 0.15) is 17.5 Å². The lowest BCUT2D eigenvalue weighted by Gasteiger charge is -2.30. The fourth-order valence-corrected chi connectivity index (χ4v) is 3.61. The molecule has 3 rings (SSSR count). The van der Waals surface area contributed by atoms with E-state index in [1.807, 2.05) is 0 Å². The number of fused-ring (bicyclic) bond motifs is 1. The summed E-state index contributed by atoms with van der Waals surface area (Å²) in [6, 6.07) is 9.57. The third-order valence-electron chi connectivity index (χ3n) is 4.31. The van der Waals surface area contributed by atoms with Crippen molar-refractivity contribution in [1.29, 1.82) is 0 Å². The molecule has 6 nitrogen and oxygen atoms in total. The molecule has 150 valence electrons. The average molecular weight is 414 g/mol. The predicted molar refractivity (Wildman–Crippen MR) is 95.3 cm³/mol. The van der Waals surface area contributed by atoms with Gasteiger partial charge in [0.15, 0.2) is 0 Å². The van der Waals surface area contributed by atoms with Crippen LogP contribution in [-0.4, -0.2) is 27.2 Å². The highest BCUT2D eigenvalue weighted by molar-refractivity contribution is 7.89. The summed E-state index contributed by atoms with van der Waals surface area (Å²) in [5.74, 6) is -0.562. The van der Waals surface area contributed by atoms with Crippen LogP contribution in [-0.2, 0) is 27.7 Å². The maximum absolute atomic E-state index is 12.7. The van der Waals surface area contributed by atoms with Crippen LogP contribution in [0.15, 0.2) is 47.4 Å². The quantitative estimate of drug-likeness (QED) is 0.833. The van der Waals surface area contributed by atoms with E-state index in [1.165, 1.54) is 47.4 Å². The van der Waals surface area contributed by atoms with E-state index in [4.69, 9.17) is 5.14 Å². The molecule has 0 bridgehead atoms. The van der Waals surface area contributed by atoms with Crippen molar-refractivity contribution in [2.24, 2.45) is 5.14 Å². The number of hydrogen-bond donors (Lipinski definition) is 1. The molecule has 0 aliphatic carbocycles. The van der Waals surface area contributed by atoms with Gasteiger partial charge in [-0.05, 0) is 54.3 Å². The Morgan fingerprint density at radius 1 is 1.14 bits per heavy atom. The minimum atomic E-state index is -4.78. The molecule has 2 aromatic carbocycles. The summed E-state index contributed by atoms with van der Waals surface area (Å²) in [5, 5.41) is 5.05. The van der Waals surface area contributed by atoms with Gasteiger partial charge in [-0.25, -0.2) is 13.6 Å². The Labute approximate surface area is 159 Å². The van der Waals surface area contributed by atoms with E-state index in [9.17, 15) is 26.4 Å². The number of ether oxygens (including phenoxy) is 1. The first-order chi connectivity index (χ1) is 13.0. The number of primary sulfonamides is 1. The summed E-state index contributed by atoms with van der Waals surface area (Å²) >= 11 is 0. The molecule has 0 atom stereocenters. The largest absolute Gasteiger partial charge is 0.573 e. The van der Waals surface area contributed by atoms with Crippen LogP contribution in [0.4, 0.5) is 18.9 Å². The molecule has 1 amide bonds. The molecule has 2 N–H and O–H groups in total. The van der Waals surface area contributed by atoms with Crippen LogP contribution < -0.4 is 14.8 Å². The summed E-state index contributed by atoms with van der Waals surface area (Å²) in [6.45, 7) is 0.445. The third-order valence-corrected chi connectivity index (χ3v) is 5.24. The summed E-state index contributed by atoms with van der Waals surface area (Å²) in [5.41, 5.74) is 1.75. The van der Waals surface area contributed by atoms with E-state index in [-0.39, 0.29) is 23.0 Å². The second-order valence-electron chi connectivity index (χ2n) is 6.35. The summed E-state index contributed by atoms with van der Waals surface area (Å²) in [7, 11) is -3.81. The summed E-state index contributed by atoms with van der Waals surface area (Å²) in [4.78, 5) is 14.2. The lowest BCUT2D eigenvalue weighted by atomic mass is 10.0. The topological polar surface area (TPSA) is 89.7 Å². The van der Waals surface area contributed by atoms with Crippen molar-refractivity contribution in [1.82, 2.24) is 0 Å². The SMILES string of the molecule is NS(=O)(=O)c1ccc(CC(=O)N2CCCc3cc(OC(F)(F)F)ccc32)cc1. The molecule has 10 heteroatoms. The van der Waals surface area contributed by atoms with Crippen molar-refractivity contribution in [3.05, 3.63) is 53.6 Å². The predicted octanol–water partition coefficient (Wildman–Crippen LogP) is 2.75. The fraction of sp³-hybridized carbons (Fsp3) is 0.278. The van der Waals surface area contributed by atoms with E-state index in [2.05, 4.69) is 4.74 Å².